The number of aromatic nitrogens is 3. The van der Waals surface area contributed by atoms with E-state index in [9.17, 15) is 18.0 Å². The number of carbonyl (C=O) groups excluding carboxylic acids is 2. The molecule has 1 heterocycles. The molecule has 0 bridgehead atoms. The van der Waals surface area contributed by atoms with Crippen molar-refractivity contribution in [2.24, 2.45) is 11.7 Å². The summed E-state index contributed by atoms with van der Waals surface area (Å²) >= 11 is 1.14. The molecule has 0 radical (unpaired) electrons. The van der Waals surface area contributed by atoms with Crippen LogP contribution in [-0.2, 0) is 21.4 Å². The second-order valence-corrected chi connectivity index (χ2v) is 10.8. The van der Waals surface area contributed by atoms with E-state index in [2.05, 4.69) is 15.5 Å². The average Bonchev–Trinajstić information content (AvgIpc) is 3.09. The number of benzene rings is 1. The Morgan fingerprint density at radius 3 is 2.41 bits per heavy atom. The van der Waals surface area contributed by atoms with E-state index in [4.69, 9.17) is 5.73 Å². The zero-order valence-corrected chi connectivity index (χ0v) is 20.5. The zero-order valence-electron chi connectivity index (χ0n) is 18.9. The van der Waals surface area contributed by atoms with E-state index in [-0.39, 0.29) is 10.8 Å². The van der Waals surface area contributed by atoms with Crippen molar-refractivity contribution >= 4 is 33.7 Å². The highest BCUT2D eigenvalue weighted by atomic mass is 32.2. The molecule has 1 aromatic heterocycles. The lowest BCUT2D eigenvalue weighted by atomic mass is 10.2. The summed E-state index contributed by atoms with van der Waals surface area (Å²) < 4.78 is 29.2. The van der Waals surface area contributed by atoms with Gasteiger partial charge in [0.15, 0.2) is 11.0 Å². The Kier molecular flexibility index (Phi) is 8.81. The summed E-state index contributed by atoms with van der Waals surface area (Å²) in [4.78, 5) is 23.2. The summed E-state index contributed by atoms with van der Waals surface area (Å²) in [5.41, 5.74) is 5.63. The summed E-state index contributed by atoms with van der Waals surface area (Å²) in [6, 6.07) is 5.69. The largest absolute Gasteiger partial charge is 0.351 e. The minimum Gasteiger partial charge on any atom is -0.351 e. The molecule has 0 unspecified atom stereocenters. The lowest BCUT2D eigenvalue weighted by molar-refractivity contribution is -0.119. The number of thioether (sulfide) groups is 1. The van der Waals surface area contributed by atoms with Crippen LogP contribution in [0.2, 0.25) is 0 Å². The van der Waals surface area contributed by atoms with E-state index >= 15 is 0 Å². The van der Waals surface area contributed by atoms with Crippen molar-refractivity contribution in [2.75, 3.05) is 13.1 Å². The summed E-state index contributed by atoms with van der Waals surface area (Å²) in [6.45, 7) is 10.6. The van der Waals surface area contributed by atoms with E-state index in [0.717, 1.165) is 11.8 Å². The molecule has 3 amide bonds. The lowest BCUT2D eigenvalue weighted by Crippen LogP contribution is -2.39. The van der Waals surface area contributed by atoms with Crippen LogP contribution >= 0.6 is 11.8 Å². The predicted molar refractivity (Wildman–Crippen MR) is 123 cm³/mol. The molecular weight excluding hydrogens is 452 g/mol. The van der Waals surface area contributed by atoms with Crippen molar-refractivity contribution in [3.05, 3.63) is 24.3 Å². The molecule has 0 saturated carbocycles. The molecule has 1 atom stereocenters. The number of hydrogen-bond donors (Lipinski definition) is 2. The van der Waals surface area contributed by atoms with Gasteiger partial charge in [-0.1, -0.05) is 51.6 Å². The van der Waals surface area contributed by atoms with Crippen LogP contribution in [0, 0.1) is 5.92 Å². The van der Waals surface area contributed by atoms with Gasteiger partial charge in [-0.15, -0.1) is 10.2 Å². The maximum Gasteiger partial charge on any atom is 0.318 e. The molecule has 10 nitrogen and oxygen atoms in total. The number of amides is 3. The number of carbonyl (C=O) groups is 2. The fourth-order valence-electron chi connectivity index (χ4n) is 3.06. The summed E-state index contributed by atoms with van der Waals surface area (Å²) in [5, 5.41) is 10.4. The molecule has 3 N–H and O–H groups in total. The van der Waals surface area contributed by atoms with Gasteiger partial charge in [0.25, 0.3) is 0 Å². The number of rotatable bonds is 10. The predicted octanol–water partition coefficient (Wildman–Crippen LogP) is 2.31. The molecule has 176 valence electrons. The molecule has 2 rings (SSSR count). The Hall–Kier alpha value is -2.44. The first-order valence-electron chi connectivity index (χ1n) is 10.3. The molecule has 32 heavy (non-hydrogen) atoms. The maximum atomic E-state index is 13.0. The topological polar surface area (TPSA) is 140 Å². The molecule has 1 aromatic carbocycles. The van der Waals surface area contributed by atoms with Crippen molar-refractivity contribution in [1.29, 1.82) is 0 Å². The highest BCUT2D eigenvalue weighted by molar-refractivity contribution is 8.00. The first-order valence-corrected chi connectivity index (χ1v) is 12.6. The summed E-state index contributed by atoms with van der Waals surface area (Å²) in [6.07, 6.45) is 0. The van der Waals surface area contributed by atoms with E-state index in [0.29, 0.717) is 36.2 Å². The third-order valence-corrected chi connectivity index (χ3v) is 7.72. The van der Waals surface area contributed by atoms with Crippen molar-refractivity contribution in [1.82, 2.24) is 24.4 Å². The molecule has 2 aromatic rings. The van der Waals surface area contributed by atoms with Gasteiger partial charge in [0.2, 0.25) is 15.9 Å². The van der Waals surface area contributed by atoms with Crippen molar-refractivity contribution in [3.63, 3.8) is 0 Å². The monoisotopic (exact) mass is 482 g/mol. The van der Waals surface area contributed by atoms with Gasteiger partial charge in [0.1, 0.15) is 0 Å². The van der Waals surface area contributed by atoms with Crippen LogP contribution in [0.3, 0.4) is 0 Å². The van der Waals surface area contributed by atoms with Crippen LogP contribution < -0.4 is 11.1 Å². The number of urea groups is 1. The third kappa shape index (κ3) is 6.08. The Morgan fingerprint density at radius 2 is 1.84 bits per heavy atom. The molecule has 0 aliphatic carbocycles. The fourth-order valence-corrected chi connectivity index (χ4v) is 5.42. The number of nitrogens with one attached hydrogen (secondary N) is 1. The van der Waals surface area contributed by atoms with E-state index in [1.54, 1.807) is 45.0 Å². The molecule has 0 fully saturated rings. The Bertz CT molecular complexity index is 1060. The van der Waals surface area contributed by atoms with Crippen molar-refractivity contribution in [2.45, 2.75) is 56.5 Å². The number of hydrogen-bond acceptors (Lipinski definition) is 7. The van der Waals surface area contributed by atoms with E-state index < -0.39 is 27.2 Å². The van der Waals surface area contributed by atoms with Crippen molar-refractivity contribution < 1.29 is 18.0 Å². The first kappa shape index (κ1) is 25.8. The highest BCUT2D eigenvalue weighted by Crippen LogP contribution is 2.29. The smallest absolute Gasteiger partial charge is 0.318 e. The maximum absolute atomic E-state index is 13.0. The van der Waals surface area contributed by atoms with Gasteiger partial charge < -0.3 is 10.3 Å². The number of nitrogens with zero attached hydrogens (tertiary/aromatic N) is 4. The van der Waals surface area contributed by atoms with Gasteiger partial charge in [-0.2, -0.15) is 4.31 Å². The molecule has 0 spiro atoms. The average molecular weight is 483 g/mol. The van der Waals surface area contributed by atoms with Crippen LogP contribution in [0.25, 0.3) is 11.4 Å². The van der Waals surface area contributed by atoms with Gasteiger partial charge >= 0.3 is 6.03 Å². The van der Waals surface area contributed by atoms with Gasteiger partial charge in [0, 0.05) is 25.2 Å². The minimum absolute atomic E-state index is 0.182. The molecular formula is C20H30N6O4S2. The fraction of sp³-hybridized carbons (Fsp3) is 0.500. The SMILES string of the molecule is CCN(CC)S(=O)(=O)c1cccc(-c2nnc(S[C@@H](C)C(=O)NC(N)=O)n2CC(C)C)c1. The summed E-state index contributed by atoms with van der Waals surface area (Å²) in [5.74, 6) is 0.206. The quantitative estimate of drug-likeness (QED) is 0.495. The third-order valence-electron chi connectivity index (χ3n) is 4.60. The number of imide groups is 1. The van der Waals surface area contributed by atoms with E-state index in [1.165, 1.54) is 4.31 Å². The number of primary amides is 1. The van der Waals surface area contributed by atoms with Crippen LogP contribution in [0.5, 0.6) is 0 Å². The second kappa shape index (κ2) is 10.9. The molecule has 0 saturated heterocycles. The Balaban J connectivity index is 2.46. The van der Waals surface area contributed by atoms with Crippen LogP contribution in [-0.4, -0.2) is 57.8 Å². The second-order valence-electron chi connectivity index (χ2n) is 7.54. The summed E-state index contributed by atoms with van der Waals surface area (Å²) in [7, 11) is -3.63. The Labute approximate surface area is 193 Å². The van der Waals surface area contributed by atoms with E-state index in [1.807, 2.05) is 18.4 Å². The van der Waals surface area contributed by atoms with Crippen LogP contribution in [0.15, 0.2) is 34.3 Å². The first-order chi connectivity index (χ1) is 15.0. The lowest BCUT2D eigenvalue weighted by Gasteiger charge is -2.19. The van der Waals surface area contributed by atoms with Crippen molar-refractivity contribution in [3.8, 4) is 11.4 Å². The highest BCUT2D eigenvalue weighted by Gasteiger charge is 2.25. The minimum atomic E-state index is -3.63. The molecule has 0 aliphatic heterocycles. The molecule has 0 aliphatic rings. The van der Waals surface area contributed by atoms with Gasteiger partial charge in [0.05, 0.1) is 10.1 Å². The number of nitrogens with two attached hydrogens (primary N) is 1. The van der Waals surface area contributed by atoms with Crippen LogP contribution in [0.1, 0.15) is 34.6 Å². The normalized spacial score (nSPS) is 12.8. The molecule has 12 heteroatoms. The number of sulfonamides is 1. The van der Waals surface area contributed by atoms with Gasteiger partial charge in [-0.05, 0) is 25.0 Å². The standard InChI is InChI=1S/C20H30N6O4S2/c1-6-25(7-2)32(29,30)16-10-8-9-15(11-16)17-23-24-20(26(17)12-13(3)4)31-14(5)18(27)22-19(21)28/h8-11,13-14H,6-7,12H2,1-5H3,(H3,21,22,27,28)/t14-/m0/s1. The van der Waals surface area contributed by atoms with Crippen LogP contribution in [0.4, 0.5) is 4.79 Å². The Morgan fingerprint density at radius 1 is 1.19 bits per heavy atom. The van der Waals surface area contributed by atoms with Gasteiger partial charge in [-0.25, -0.2) is 13.2 Å². The zero-order chi connectivity index (χ0) is 24.1. The van der Waals surface area contributed by atoms with Gasteiger partial charge in [-0.3, -0.25) is 10.1 Å².